The molecule has 2 rings (SSSR count). The highest BCUT2D eigenvalue weighted by Gasteiger charge is 2.19. The molecule has 0 spiro atoms. The van der Waals surface area contributed by atoms with Gasteiger partial charge in [-0.05, 0) is 59.1 Å². The Hall–Kier alpha value is -1.19. The molecule has 1 atom stereocenters. The summed E-state index contributed by atoms with van der Waals surface area (Å²) >= 11 is 3.38. The monoisotopic (exact) mass is 335 g/mol. The van der Waals surface area contributed by atoms with Gasteiger partial charge in [-0.3, -0.25) is 0 Å². The smallest absolute Gasteiger partial charge is 0.137 e. The van der Waals surface area contributed by atoms with Crippen LogP contribution in [-0.2, 0) is 0 Å². The minimum Gasteiger partial charge on any atom is -0.306 e. The van der Waals surface area contributed by atoms with Gasteiger partial charge in [0.2, 0.25) is 0 Å². The Morgan fingerprint density at radius 3 is 2.60 bits per heavy atom. The Balaban J connectivity index is 2.56. The maximum absolute atomic E-state index is 13.8. The van der Waals surface area contributed by atoms with Crippen LogP contribution < -0.4 is 5.32 Å². The Kier molecular flexibility index (Phi) is 4.95. The number of halogens is 2. The van der Waals surface area contributed by atoms with E-state index in [0.717, 1.165) is 12.1 Å². The molecule has 2 aromatic rings. The molecule has 0 heterocycles. The fourth-order valence-electron chi connectivity index (χ4n) is 2.41. The van der Waals surface area contributed by atoms with Crippen molar-refractivity contribution in [3.05, 3.63) is 68.9 Å². The van der Waals surface area contributed by atoms with Crippen LogP contribution in [0.1, 0.15) is 35.2 Å². The molecule has 3 heteroatoms. The van der Waals surface area contributed by atoms with Crippen LogP contribution in [0.25, 0.3) is 0 Å². The predicted molar refractivity (Wildman–Crippen MR) is 85.5 cm³/mol. The molecular weight excluding hydrogens is 317 g/mol. The van der Waals surface area contributed by atoms with E-state index in [4.69, 9.17) is 0 Å². The van der Waals surface area contributed by atoms with E-state index in [9.17, 15) is 4.39 Å². The lowest BCUT2D eigenvalue weighted by Gasteiger charge is -2.23. The zero-order valence-corrected chi connectivity index (χ0v) is 13.6. The maximum atomic E-state index is 13.8. The fourth-order valence-corrected chi connectivity index (χ4v) is 2.90. The third kappa shape index (κ3) is 3.10. The number of aryl methyl sites for hydroxylation is 2. The van der Waals surface area contributed by atoms with Crippen molar-refractivity contribution in [3.8, 4) is 0 Å². The summed E-state index contributed by atoms with van der Waals surface area (Å²) in [6.07, 6.45) is 0. The summed E-state index contributed by atoms with van der Waals surface area (Å²) in [6.45, 7) is 7.05. The minimum atomic E-state index is -0.226. The normalized spacial score (nSPS) is 12.4. The largest absolute Gasteiger partial charge is 0.306 e. The molecule has 1 N–H and O–H groups in total. The van der Waals surface area contributed by atoms with Gasteiger partial charge in [-0.2, -0.15) is 0 Å². The molecule has 0 amide bonds. The number of benzene rings is 2. The van der Waals surface area contributed by atoms with Gasteiger partial charge in [0.25, 0.3) is 0 Å². The molecule has 1 unspecified atom stereocenters. The number of rotatable bonds is 4. The van der Waals surface area contributed by atoms with Gasteiger partial charge in [0, 0.05) is 0 Å². The Morgan fingerprint density at radius 2 is 1.90 bits per heavy atom. The van der Waals surface area contributed by atoms with Crippen molar-refractivity contribution in [2.75, 3.05) is 6.54 Å². The summed E-state index contributed by atoms with van der Waals surface area (Å²) in [7, 11) is 0. The molecule has 0 radical (unpaired) electrons. The average molecular weight is 336 g/mol. The van der Waals surface area contributed by atoms with Crippen LogP contribution in [0.4, 0.5) is 4.39 Å². The van der Waals surface area contributed by atoms with Crippen molar-refractivity contribution < 1.29 is 4.39 Å². The second-order valence-corrected chi connectivity index (χ2v) is 5.79. The van der Waals surface area contributed by atoms with E-state index in [1.165, 1.54) is 22.8 Å². The van der Waals surface area contributed by atoms with Crippen molar-refractivity contribution in [2.45, 2.75) is 26.8 Å². The van der Waals surface area contributed by atoms with E-state index in [-0.39, 0.29) is 11.9 Å². The molecule has 0 aliphatic heterocycles. The van der Waals surface area contributed by atoms with E-state index in [1.807, 2.05) is 6.07 Å². The Labute approximate surface area is 128 Å². The second-order valence-electron chi connectivity index (χ2n) is 4.99. The van der Waals surface area contributed by atoms with Crippen molar-refractivity contribution in [2.24, 2.45) is 0 Å². The molecule has 0 aromatic heterocycles. The van der Waals surface area contributed by atoms with E-state index < -0.39 is 0 Å². The molecule has 0 aliphatic rings. The van der Waals surface area contributed by atoms with E-state index in [0.29, 0.717) is 4.47 Å². The molecule has 106 valence electrons. The molecule has 0 saturated carbocycles. The molecule has 0 bridgehead atoms. The standard InChI is InChI=1S/C17H19BrFN/c1-4-20-17(13-6-5-7-15(19)16(13)18)14-10-11(2)8-9-12(14)3/h5-10,17,20H,4H2,1-3H3. The van der Waals surface area contributed by atoms with Crippen LogP contribution in [0, 0.1) is 19.7 Å². The number of nitrogens with one attached hydrogen (secondary N) is 1. The predicted octanol–water partition coefficient (Wildman–Crippen LogP) is 4.90. The maximum Gasteiger partial charge on any atom is 0.137 e. The SMILES string of the molecule is CCNC(c1cc(C)ccc1C)c1cccc(F)c1Br. The highest BCUT2D eigenvalue weighted by Crippen LogP contribution is 2.32. The first-order chi connectivity index (χ1) is 9.54. The van der Waals surface area contributed by atoms with E-state index in [2.05, 4.69) is 60.2 Å². The lowest BCUT2D eigenvalue weighted by molar-refractivity contribution is 0.594. The Bertz CT molecular complexity index is 608. The third-order valence-corrected chi connectivity index (χ3v) is 4.28. The van der Waals surface area contributed by atoms with Gasteiger partial charge in [-0.15, -0.1) is 0 Å². The molecule has 1 nitrogen and oxygen atoms in total. The number of hydrogen-bond acceptors (Lipinski definition) is 1. The van der Waals surface area contributed by atoms with Gasteiger partial charge < -0.3 is 5.32 Å². The molecule has 0 saturated heterocycles. The highest BCUT2D eigenvalue weighted by molar-refractivity contribution is 9.10. The fraction of sp³-hybridized carbons (Fsp3) is 0.294. The minimum absolute atomic E-state index is 0.00928. The van der Waals surface area contributed by atoms with Crippen LogP contribution in [0.5, 0.6) is 0 Å². The van der Waals surface area contributed by atoms with Crippen molar-refractivity contribution >= 4 is 15.9 Å². The van der Waals surface area contributed by atoms with Gasteiger partial charge in [0.05, 0.1) is 10.5 Å². The quantitative estimate of drug-likeness (QED) is 0.837. The summed E-state index contributed by atoms with van der Waals surface area (Å²) in [5.74, 6) is -0.226. The molecule has 0 aliphatic carbocycles. The summed E-state index contributed by atoms with van der Waals surface area (Å²) < 4.78 is 14.3. The highest BCUT2D eigenvalue weighted by atomic mass is 79.9. The summed E-state index contributed by atoms with van der Waals surface area (Å²) in [5, 5.41) is 3.45. The first kappa shape index (κ1) is 15.2. The Morgan fingerprint density at radius 1 is 1.15 bits per heavy atom. The first-order valence-electron chi connectivity index (χ1n) is 6.79. The van der Waals surface area contributed by atoms with Crippen LogP contribution in [0.3, 0.4) is 0 Å². The van der Waals surface area contributed by atoms with E-state index >= 15 is 0 Å². The van der Waals surface area contributed by atoms with Crippen molar-refractivity contribution in [1.82, 2.24) is 5.32 Å². The van der Waals surface area contributed by atoms with Gasteiger partial charge in [0.1, 0.15) is 5.82 Å². The van der Waals surface area contributed by atoms with Crippen LogP contribution in [0.15, 0.2) is 40.9 Å². The van der Waals surface area contributed by atoms with Gasteiger partial charge in [-0.25, -0.2) is 4.39 Å². The van der Waals surface area contributed by atoms with Gasteiger partial charge in [0.15, 0.2) is 0 Å². The molecule has 2 aromatic carbocycles. The average Bonchev–Trinajstić information content (AvgIpc) is 2.43. The lowest BCUT2D eigenvalue weighted by Crippen LogP contribution is -2.23. The van der Waals surface area contributed by atoms with Crippen molar-refractivity contribution in [3.63, 3.8) is 0 Å². The molecular formula is C17H19BrFN. The summed E-state index contributed by atoms with van der Waals surface area (Å²) in [4.78, 5) is 0. The first-order valence-corrected chi connectivity index (χ1v) is 7.58. The van der Waals surface area contributed by atoms with Crippen LogP contribution in [0.2, 0.25) is 0 Å². The third-order valence-electron chi connectivity index (χ3n) is 3.45. The van der Waals surface area contributed by atoms with Crippen LogP contribution >= 0.6 is 15.9 Å². The van der Waals surface area contributed by atoms with Crippen LogP contribution in [-0.4, -0.2) is 6.54 Å². The van der Waals surface area contributed by atoms with Gasteiger partial charge in [-0.1, -0.05) is 42.8 Å². The number of hydrogen-bond donors (Lipinski definition) is 1. The summed E-state index contributed by atoms with van der Waals surface area (Å²) in [5.41, 5.74) is 4.54. The zero-order valence-electron chi connectivity index (χ0n) is 12.0. The van der Waals surface area contributed by atoms with Gasteiger partial charge >= 0.3 is 0 Å². The van der Waals surface area contributed by atoms with Crippen molar-refractivity contribution in [1.29, 1.82) is 0 Å². The topological polar surface area (TPSA) is 12.0 Å². The lowest BCUT2D eigenvalue weighted by atomic mass is 9.93. The second kappa shape index (κ2) is 6.51. The molecule has 0 fully saturated rings. The summed E-state index contributed by atoms with van der Waals surface area (Å²) in [6, 6.07) is 11.6. The zero-order chi connectivity index (χ0) is 14.7. The molecule has 20 heavy (non-hydrogen) atoms. The van der Waals surface area contributed by atoms with E-state index in [1.54, 1.807) is 6.07 Å².